The summed E-state index contributed by atoms with van der Waals surface area (Å²) in [6, 6.07) is 11.2. The van der Waals surface area contributed by atoms with Gasteiger partial charge in [-0.05, 0) is 55.3 Å². The number of nitrogens with one attached hydrogen (secondary N) is 1. The van der Waals surface area contributed by atoms with Crippen molar-refractivity contribution in [1.82, 2.24) is 14.9 Å². The number of carbonyl (C=O) groups is 2. The van der Waals surface area contributed by atoms with Crippen molar-refractivity contribution in [2.24, 2.45) is 4.99 Å². The molecule has 2 amide bonds. The van der Waals surface area contributed by atoms with Crippen LogP contribution in [0.3, 0.4) is 0 Å². The zero-order chi connectivity index (χ0) is 25.0. The fourth-order valence-electron chi connectivity index (χ4n) is 3.22. The minimum Gasteiger partial charge on any atom is -0.491 e. The van der Waals surface area contributed by atoms with E-state index in [0.29, 0.717) is 43.1 Å². The molecule has 9 nitrogen and oxygen atoms in total. The Hall–Kier alpha value is -3.34. The second kappa shape index (κ2) is 13.5. The van der Waals surface area contributed by atoms with Gasteiger partial charge in [0.15, 0.2) is 4.80 Å². The number of hydrogen-bond acceptors (Lipinski definition) is 7. The van der Waals surface area contributed by atoms with Crippen molar-refractivity contribution in [2.75, 3.05) is 40.6 Å². The van der Waals surface area contributed by atoms with Gasteiger partial charge in [-0.25, -0.2) is 0 Å². The highest BCUT2D eigenvalue weighted by molar-refractivity contribution is 7.07. The predicted octanol–water partition coefficient (Wildman–Crippen LogP) is 2.84. The number of benzene rings is 1. The summed E-state index contributed by atoms with van der Waals surface area (Å²) in [5.41, 5.74) is 3.16. The number of rotatable bonds is 12. The van der Waals surface area contributed by atoms with E-state index in [2.05, 4.69) is 15.3 Å². The summed E-state index contributed by atoms with van der Waals surface area (Å²) in [5.74, 6) is 0.231. The summed E-state index contributed by atoms with van der Waals surface area (Å²) in [4.78, 5) is 33.6. The standard InChI is InChI=1S/C25H30N4O5S/c1-18-5-6-20(15-27-18)24(31)28-25-29(12-4-11-26-23(30)16-33-3)22(17-35-25)19-7-9-21(10-8-19)34-14-13-32-2/h5-10,15,17H,4,11-14,16H2,1-3H3,(H,26,30). The molecule has 0 aliphatic rings. The van der Waals surface area contributed by atoms with Gasteiger partial charge >= 0.3 is 0 Å². The van der Waals surface area contributed by atoms with Gasteiger partial charge in [0, 0.05) is 44.6 Å². The zero-order valence-electron chi connectivity index (χ0n) is 20.2. The van der Waals surface area contributed by atoms with E-state index < -0.39 is 0 Å². The number of aromatic nitrogens is 2. The van der Waals surface area contributed by atoms with Crippen molar-refractivity contribution in [3.63, 3.8) is 0 Å². The van der Waals surface area contributed by atoms with E-state index >= 15 is 0 Å². The molecule has 3 aromatic rings. The van der Waals surface area contributed by atoms with E-state index in [0.717, 1.165) is 22.7 Å². The van der Waals surface area contributed by atoms with Crippen LogP contribution in [-0.2, 0) is 20.8 Å². The van der Waals surface area contributed by atoms with Crippen molar-refractivity contribution in [3.8, 4) is 17.0 Å². The van der Waals surface area contributed by atoms with Gasteiger partial charge in [-0.3, -0.25) is 14.6 Å². The molecule has 2 heterocycles. The molecule has 0 atom stereocenters. The second-order valence-corrected chi connectivity index (χ2v) is 8.50. The zero-order valence-corrected chi connectivity index (χ0v) is 21.0. The number of hydrogen-bond donors (Lipinski definition) is 1. The Morgan fingerprint density at radius 1 is 1.09 bits per heavy atom. The lowest BCUT2D eigenvalue weighted by Crippen LogP contribution is -2.29. The molecule has 0 saturated carbocycles. The number of amides is 2. The van der Waals surface area contributed by atoms with Crippen molar-refractivity contribution >= 4 is 23.2 Å². The maximum Gasteiger partial charge on any atom is 0.281 e. The number of pyridine rings is 1. The lowest BCUT2D eigenvalue weighted by atomic mass is 10.1. The molecule has 186 valence electrons. The van der Waals surface area contributed by atoms with Gasteiger partial charge in [0.2, 0.25) is 5.91 Å². The Kier molecular flexibility index (Phi) is 10.1. The molecule has 3 rings (SSSR count). The van der Waals surface area contributed by atoms with E-state index in [4.69, 9.17) is 14.2 Å². The van der Waals surface area contributed by atoms with Gasteiger partial charge < -0.3 is 24.1 Å². The minimum atomic E-state index is -0.352. The van der Waals surface area contributed by atoms with E-state index in [1.165, 1.54) is 24.6 Å². The SMILES string of the molecule is COCCOc1ccc(-c2csc(=NC(=O)c3ccc(C)nc3)n2CCCNC(=O)COC)cc1. The third kappa shape index (κ3) is 7.84. The molecule has 10 heteroatoms. The first-order valence-corrected chi connectivity index (χ1v) is 12.1. The van der Waals surface area contributed by atoms with Crippen LogP contribution in [0.4, 0.5) is 0 Å². The van der Waals surface area contributed by atoms with Crippen molar-refractivity contribution in [1.29, 1.82) is 0 Å². The molecular weight excluding hydrogens is 468 g/mol. The Balaban J connectivity index is 1.84. The monoisotopic (exact) mass is 498 g/mol. The highest BCUT2D eigenvalue weighted by atomic mass is 32.1. The summed E-state index contributed by atoms with van der Waals surface area (Å²) in [7, 11) is 3.11. The lowest BCUT2D eigenvalue weighted by molar-refractivity contribution is -0.124. The second-order valence-electron chi connectivity index (χ2n) is 7.66. The average molecular weight is 499 g/mol. The normalized spacial score (nSPS) is 11.5. The maximum atomic E-state index is 12.8. The largest absolute Gasteiger partial charge is 0.491 e. The molecule has 0 fully saturated rings. The molecule has 0 saturated heterocycles. The van der Waals surface area contributed by atoms with Crippen LogP contribution in [0.25, 0.3) is 11.3 Å². The smallest absolute Gasteiger partial charge is 0.281 e. The number of methoxy groups -OCH3 is 2. The molecule has 1 aromatic carbocycles. The fourth-order valence-corrected chi connectivity index (χ4v) is 4.16. The van der Waals surface area contributed by atoms with E-state index in [-0.39, 0.29) is 18.4 Å². The first-order valence-electron chi connectivity index (χ1n) is 11.2. The molecule has 0 radical (unpaired) electrons. The Labute approximate surface area is 208 Å². The first-order chi connectivity index (χ1) is 17.0. The quantitative estimate of drug-likeness (QED) is 0.385. The number of ether oxygens (including phenoxy) is 3. The number of aryl methyl sites for hydroxylation is 1. The summed E-state index contributed by atoms with van der Waals surface area (Å²) in [6.45, 7) is 3.92. The summed E-state index contributed by atoms with van der Waals surface area (Å²) < 4.78 is 17.5. The number of nitrogens with zero attached hydrogens (tertiary/aromatic N) is 3. The molecule has 0 bridgehead atoms. The average Bonchev–Trinajstić information content (AvgIpc) is 3.25. The number of carbonyl (C=O) groups excluding carboxylic acids is 2. The van der Waals surface area contributed by atoms with Crippen LogP contribution in [0.1, 0.15) is 22.5 Å². The van der Waals surface area contributed by atoms with Crippen LogP contribution in [0.5, 0.6) is 5.75 Å². The summed E-state index contributed by atoms with van der Waals surface area (Å²) >= 11 is 1.39. The van der Waals surface area contributed by atoms with Crippen LogP contribution in [0.2, 0.25) is 0 Å². The van der Waals surface area contributed by atoms with Crippen LogP contribution in [-0.4, -0.2) is 62.0 Å². The van der Waals surface area contributed by atoms with Gasteiger partial charge in [-0.2, -0.15) is 4.99 Å². The lowest BCUT2D eigenvalue weighted by Gasteiger charge is -2.11. The summed E-state index contributed by atoms with van der Waals surface area (Å²) in [6.07, 6.45) is 2.19. The van der Waals surface area contributed by atoms with Gasteiger partial charge in [-0.15, -0.1) is 11.3 Å². The molecule has 35 heavy (non-hydrogen) atoms. The first kappa shape index (κ1) is 26.3. The van der Waals surface area contributed by atoms with Gasteiger partial charge in [-0.1, -0.05) is 0 Å². The molecule has 0 spiro atoms. The topological polar surface area (TPSA) is 104 Å². The van der Waals surface area contributed by atoms with E-state index in [1.807, 2.05) is 41.1 Å². The van der Waals surface area contributed by atoms with Crippen LogP contribution >= 0.6 is 11.3 Å². The third-order valence-electron chi connectivity index (χ3n) is 5.02. The van der Waals surface area contributed by atoms with Crippen molar-refractivity contribution < 1.29 is 23.8 Å². The number of thiazole rings is 1. The Morgan fingerprint density at radius 3 is 2.57 bits per heavy atom. The van der Waals surface area contributed by atoms with Crippen LogP contribution in [0, 0.1) is 6.92 Å². The summed E-state index contributed by atoms with van der Waals surface area (Å²) in [5, 5.41) is 4.80. The molecular formula is C25H30N4O5S. The van der Waals surface area contributed by atoms with E-state index in [9.17, 15) is 9.59 Å². The third-order valence-corrected chi connectivity index (χ3v) is 5.88. The molecule has 0 aliphatic heterocycles. The van der Waals surface area contributed by atoms with Crippen LogP contribution < -0.4 is 14.9 Å². The van der Waals surface area contributed by atoms with Crippen molar-refractivity contribution in [3.05, 3.63) is 64.0 Å². The molecule has 1 N–H and O–H groups in total. The molecule has 0 aliphatic carbocycles. The highest BCUT2D eigenvalue weighted by Gasteiger charge is 2.11. The minimum absolute atomic E-state index is 0.0231. The highest BCUT2D eigenvalue weighted by Crippen LogP contribution is 2.23. The molecule has 0 unspecified atom stereocenters. The van der Waals surface area contributed by atoms with Crippen LogP contribution in [0.15, 0.2) is 53.0 Å². The fraction of sp³-hybridized carbons (Fsp3) is 0.360. The van der Waals surface area contributed by atoms with Crippen molar-refractivity contribution in [2.45, 2.75) is 19.9 Å². The predicted molar refractivity (Wildman–Crippen MR) is 133 cm³/mol. The maximum absolute atomic E-state index is 12.8. The Morgan fingerprint density at radius 2 is 1.89 bits per heavy atom. The van der Waals surface area contributed by atoms with Gasteiger partial charge in [0.1, 0.15) is 19.0 Å². The van der Waals surface area contributed by atoms with E-state index in [1.54, 1.807) is 19.2 Å². The molecule has 2 aromatic heterocycles. The van der Waals surface area contributed by atoms with Gasteiger partial charge in [0.05, 0.1) is 17.9 Å². The Bertz CT molecular complexity index is 1170. The van der Waals surface area contributed by atoms with Gasteiger partial charge in [0.25, 0.3) is 5.91 Å².